The zero-order chi connectivity index (χ0) is 20.5. The number of carbonyl (C=O) groups excluding carboxylic acids is 3. The number of rotatable bonds is 5. The standard InChI is InChI=1S/C13H14N4O2.C5H9NO3/c1-2-19-13(18)12-16-15-11-10-8-14-6-5-9(10)4-3-7-17(11)12;1-2-9-5(8)4(7)3-6/h5-6,8H,2-4,7H2,1H3;2-3,6H2,1H3. The Morgan fingerprint density at radius 3 is 2.61 bits per heavy atom. The molecule has 2 aromatic heterocycles. The van der Waals surface area contributed by atoms with Gasteiger partial charge in [0.05, 0.1) is 19.8 Å². The van der Waals surface area contributed by atoms with Crippen LogP contribution >= 0.6 is 0 Å². The number of aryl methyl sites for hydroxylation is 1. The van der Waals surface area contributed by atoms with Gasteiger partial charge in [-0.15, -0.1) is 10.2 Å². The molecule has 2 N–H and O–H groups in total. The minimum atomic E-state index is -0.847. The summed E-state index contributed by atoms with van der Waals surface area (Å²) >= 11 is 0. The molecule has 0 atom stereocenters. The molecule has 0 fully saturated rings. The maximum absolute atomic E-state index is 11.8. The second kappa shape index (κ2) is 10.3. The summed E-state index contributed by atoms with van der Waals surface area (Å²) in [6, 6.07) is 1.99. The summed E-state index contributed by atoms with van der Waals surface area (Å²) in [5.74, 6) is -0.984. The van der Waals surface area contributed by atoms with Gasteiger partial charge in [0.1, 0.15) is 0 Å². The molecule has 0 unspecified atom stereocenters. The van der Waals surface area contributed by atoms with Gasteiger partial charge in [-0.05, 0) is 38.3 Å². The van der Waals surface area contributed by atoms with Crippen LogP contribution in [-0.4, -0.2) is 57.2 Å². The third-order valence-corrected chi connectivity index (χ3v) is 3.88. The minimum Gasteiger partial charge on any atom is -0.460 e. The van der Waals surface area contributed by atoms with Gasteiger partial charge in [-0.3, -0.25) is 9.78 Å². The van der Waals surface area contributed by atoms with Crippen LogP contribution in [0, 0.1) is 0 Å². The number of ketones is 1. The average molecular weight is 389 g/mol. The molecule has 0 radical (unpaired) electrons. The Morgan fingerprint density at radius 2 is 1.93 bits per heavy atom. The van der Waals surface area contributed by atoms with Crippen molar-refractivity contribution >= 4 is 17.7 Å². The first-order valence-electron chi connectivity index (χ1n) is 8.97. The SMILES string of the molecule is CCOC(=O)C(=O)CN.CCOC(=O)c1nnc2n1CCCc1ccncc1-2. The van der Waals surface area contributed by atoms with Gasteiger partial charge in [-0.2, -0.15) is 0 Å². The summed E-state index contributed by atoms with van der Waals surface area (Å²) in [7, 11) is 0. The number of fused-ring (bicyclic) bond motifs is 3. The Bertz CT molecular complexity index is 849. The van der Waals surface area contributed by atoms with Crippen molar-refractivity contribution in [2.45, 2.75) is 33.2 Å². The molecule has 0 bridgehead atoms. The fraction of sp³-hybridized carbons (Fsp3) is 0.444. The lowest BCUT2D eigenvalue weighted by Crippen LogP contribution is -2.25. The maximum atomic E-state index is 11.8. The lowest BCUT2D eigenvalue weighted by atomic mass is 10.1. The molecule has 0 amide bonds. The first kappa shape index (κ1) is 21.2. The highest BCUT2D eigenvalue weighted by molar-refractivity contribution is 6.34. The van der Waals surface area contributed by atoms with E-state index in [1.807, 2.05) is 10.6 Å². The molecule has 3 heterocycles. The molecule has 150 valence electrons. The molecule has 3 rings (SSSR count). The third-order valence-electron chi connectivity index (χ3n) is 3.88. The normalized spacial score (nSPS) is 11.8. The van der Waals surface area contributed by atoms with Gasteiger partial charge in [0.25, 0.3) is 5.78 Å². The van der Waals surface area contributed by atoms with Crippen LogP contribution in [0.25, 0.3) is 11.4 Å². The van der Waals surface area contributed by atoms with Crippen LogP contribution in [0.2, 0.25) is 0 Å². The second-order valence-corrected chi connectivity index (χ2v) is 5.70. The van der Waals surface area contributed by atoms with Gasteiger partial charge in [0.15, 0.2) is 5.82 Å². The minimum absolute atomic E-state index is 0.213. The van der Waals surface area contributed by atoms with Crippen LogP contribution in [0.4, 0.5) is 0 Å². The van der Waals surface area contributed by atoms with E-state index in [0.29, 0.717) is 19.0 Å². The van der Waals surface area contributed by atoms with Crippen molar-refractivity contribution in [3.63, 3.8) is 0 Å². The summed E-state index contributed by atoms with van der Waals surface area (Å²) in [4.78, 5) is 36.6. The number of aromatic nitrogens is 4. The predicted molar refractivity (Wildman–Crippen MR) is 98.2 cm³/mol. The van der Waals surface area contributed by atoms with Gasteiger partial charge in [-0.1, -0.05) is 0 Å². The van der Waals surface area contributed by atoms with Crippen molar-refractivity contribution in [2.24, 2.45) is 5.73 Å². The predicted octanol–water partition coefficient (Wildman–Crippen LogP) is 0.540. The number of carbonyl (C=O) groups is 3. The van der Waals surface area contributed by atoms with E-state index in [0.717, 1.165) is 18.4 Å². The molecule has 1 aliphatic rings. The fourth-order valence-corrected chi connectivity index (χ4v) is 2.63. The highest BCUT2D eigenvalue weighted by Crippen LogP contribution is 2.26. The third kappa shape index (κ3) is 4.97. The van der Waals surface area contributed by atoms with Crippen LogP contribution in [0.1, 0.15) is 36.5 Å². The highest BCUT2D eigenvalue weighted by Gasteiger charge is 2.24. The summed E-state index contributed by atoms with van der Waals surface area (Å²) in [5.41, 5.74) is 6.99. The van der Waals surface area contributed by atoms with Crippen molar-refractivity contribution in [1.82, 2.24) is 19.7 Å². The van der Waals surface area contributed by atoms with E-state index in [1.54, 1.807) is 26.2 Å². The van der Waals surface area contributed by atoms with Gasteiger partial charge >= 0.3 is 11.9 Å². The number of Topliss-reactive ketones (excluding diaryl/α,β-unsaturated/α-hetero) is 1. The van der Waals surface area contributed by atoms with Gasteiger partial charge in [0, 0.05) is 24.5 Å². The van der Waals surface area contributed by atoms with E-state index < -0.39 is 17.7 Å². The van der Waals surface area contributed by atoms with Gasteiger partial charge in [0.2, 0.25) is 5.82 Å². The largest absolute Gasteiger partial charge is 0.460 e. The maximum Gasteiger partial charge on any atom is 0.376 e. The Labute approximate surface area is 162 Å². The van der Waals surface area contributed by atoms with E-state index in [2.05, 4.69) is 19.9 Å². The van der Waals surface area contributed by atoms with Gasteiger partial charge < -0.3 is 19.8 Å². The number of ether oxygens (including phenoxy) is 2. The van der Waals surface area contributed by atoms with Crippen molar-refractivity contribution in [1.29, 1.82) is 0 Å². The van der Waals surface area contributed by atoms with Gasteiger partial charge in [-0.25, -0.2) is 9.59 Å². The molecule has 0 saturated carbocycles. The van der Waals surface area contributed by atoms with Crippen molar-refractivity contribution < 1.29 is 23.9 Å². The first-order valence-corrected chi connectivity index (χ1v) is 8.97. The molecule has 0 aromatic carbocycles. The Kier molecular flexibility index (Phi) is 7.76. The number of nitrogens with two attached hydrogens (primary N) is 1. The quantitative estimate of drug-likeness (QED) is 0.573. The summed E-state index contributed by atoms with van der Waals surface area (Å²) in [5, 5.41) is 8.10. The van der Waals surface area contributed by atoms with E-state index in [9.17, 15) is 14.4 Å². The van der Waals surface area contributed by atoms with Crippen LogP contribution in [0.5, 0.6) is 0 Å². The number of nitrogens with zero attached hydrogens (tertiary/aromatic N) is 4. The summed E-state index contributed by atoms with van der Waals surface area (Å²) in [6.45, 7) is 4.38. The summed E-state index contributed by atoms with van der Waals surface area (Å²) in [6.07, 6.45) is 5.44. The first-order chi connectivity index (χ1) is 13.5. The molecular weight excluding hydrogens is 366 g/mol. The molecule has 28 heavy (non-hydrogen) atoms. The molecule has 0 spiro atoms. The number of hydrogen-bond acceptors (Lipinski definition) is 9. The molecule has 1 aliphatic heterocycles. The highest BCUT2D eigenvalue weighted by atomic mass is 16.5. The molecular formula is C18H23N5O5. The van der Waals surface area contributed by atoms with Crippen molar-refractivity contribution in [2.75, 3.05) is 19.8 Å². The van der Waals surface area contributed by atoms with Crippen LogP contribution in [0.15, 0.2) is 18.5 Å². The topological polar surface area (TPSA) is 139 Å². The zero-order valence-electron chi connectivity index (χ0n) is 15.9. The molecule has 0 saturated heterocycles. The van der Waals surface area contributed by atoms with Crippen molar-refractivity contribution in [3.05, 3.63) is 29.8 Å². The van der Waals surface area contributed by atoms with E-state index in [1.165, 1.54) is 5.56 Å². The lowest BCUT2D eigenvalue weighted by molar-refractivity contribution is -0.152. The molecule has 10 nitrogen and oxygen atoms in total. The molecule has 2 aromatic rings. The van der Waals surface area contributed by atoms with E-state index >= 15 is 0 Å². The van der Waals surface area contributed by atoms with E-state index in [-0.39, 0.29) is 19.0 Å². The van der Waals surface area contributed by atoms with E-state index in [4.69, 9.17) is 10.5 Å². The second-order valence-electron chi connectivity index (χ2n) is 5.70. The zero-order valence-corrected chi connectivity index (χ0v) is 15.9. The number of hydrogen-bond donors (Lipinski definition) is 1. The number of esters is 2. The average Bonchev–Trinajstić information content (AvgIpc) is 3.04. The summed E-state index contributed by atoms with van der Waals surface area (Å²) < 4.78 is 11.2. The molecule has 10 heteroatoms. The monoisotopic (exact) mass is 389 g/mol. The molecule has 0 aliphatic carbocycles. The van der Waals surface area contributed by atoms with Crippen LogP contribution in [-0.2, 0) is 32.0 Å². The Balaban J connectivity index is 0.000000266. The Hall–Kier alpha value is -3.14. The number of pyridine rings is 1. The Morgan fingerprint density at radius 1 is 1.18 bits per heavy atom. The smallest absolute Gasteiger partial charge is 0.376 e. The van der Waals surface area contributed by atoms with Crippen LogP contribution < -0.4 is 5.73 Å². The lowest BCUT2D eigenvalue weighted by Gasteiger charge is -2.06. The van der Waals surface area contributed by atoms with Crippen LogP contribution in [0.3, 0.4) is 0 Å². The van der Waals surface area contributed by atoms with Crippen molar-refractivity contribution in [3.8, 4) is 11.4 Å². The fourth-order valence-electron chi connectivity index (χ4n) is 2.63.